The van der Waals surface area contributed by atoms with Gasteiger partial charge in [0.2, 0.25) is 0 Å². The van der Waals surface area contributed by atoms with E-state index in [9.17, 15) is 14.0 Å². The molecule has 0 spiro atoms. The number of nitrogens with zero attached hydrogens (tertiary/aromatic N) is 3. The van der Waals surface area contributed by atoms with E-state index in [1.165, 1.54) is 10.6 Å². The van der Waals surface area contributed by atoms with E-state index in [0.29, 0.717) is 12.1 Å². The molecule has 9 heteroatoms. The molecule has 0 aliphatic carbocycles. The first-order valence-corrected chi connectivity index (χ1v) is 13.3. The number of hydrogen-bond acceptors (Lipinski definition) is 7. The van der Waals surface area contributed by atoms with Crippen molar-refractivity contribution in [1.82, 2.24) is 9.47 Å². The topological polar surface area (TPSA) is 64.0 Å². The number of carbonyl (C=O) groups is 1. The molecule has 37 heavy (non-hydrogen) atoms. The van der Waals surface area contributed by atoms with Crippen LogP contribution in [0.4, 0.5) is 10.1 Å². The van der Waals surface area contributed by atoms with Gasteiger partial charge < -0.3 is 14.4 Å². The van der Waals surface area contributed by atoms with E-state index in [0.717, 1.165) is 65.9 Å². The highest BCUT2D eigenvalue weighted by molar-refractivity contribution is 7.17. The average molecular weight is 524 g/mol. The van der Waals surface area contributed by atoms with E-state index in [4.69, 9.17) is 9.47 Å². The molecule has 0 N–H and O–H groups in total. The molecule has 0 atom stereocenters. The number of ether oxygens (including phenoxy) is 2. The summed E-state index contributed by atoms with van der Waals surface area (Å²) in [7, 11) is 1.56. The highest BCUT2D eigenvalue weighted by Gasteiger charge is 2.20. The molecule has 2 aromatic heterocycles. The van der Waals surface area contributed by atoms with Crippen LogP contribution in [0.3, 0.4) is 0 Å². The van der Waals surface area contributed by atoms with Gasteiger partial charge in [0.25, 0.3) is 11.5 Å². The average Bonchev–Trinajstić information content (AvgIpc) is 3.38. The molecule has 0 radical (unpaired) electrons. The van der Waals surface area contributed by atoms with Gasteiger partial charge >= 0.3 is 0 Å². The van der Waals surface area contributed by atoms with E-state index in [1.54, 1.807) is 36.6 Å². The van der Waals surface area contributed by atoms with Gasteiger partial charge in [-0.3, -0.25) is 14.5 Å². The molecule has 3 heterocycles. The van der Waals surface area contributed by atoms with E-state index >= 15 is 0 Å². The number of pyridine rings is 1. The molecule has 2 aromatic carbocycles. The maximum Gasteiger partial charge on any atom is 0.260 e. The third-order valence-electron chi connectivity index (χ3n) is 6.81. The second kappa shape index (κ2) is 11.5. The largest absolute Gasteiger partial charge is 0.382 e. The minimum absolute atomic E-state index is 0.181. The van der Waals surface area contributed by atoms with E-state index in [2.05, 4.69) is 15.9 Å². The van der Waals surface area contributed by atoms with Gasteiger partial charge in [-0.15, -0.1) is 11.3 Å². The summed E-state index contributed by atoms with van der Waals surface area (Å²) in [6.07, 6.45) is 0.798. The Labute approximate surface area is 218 Å². The number of halogens is 1. The van der Waals surface area contributed by atoms with Crippen molar-refractivity contribution >= 4 is 43.9 Å². The van der Waals surface area contributed by atoms with Crippen LogP contribution in [0.15, 0.2) is 58.7 Å². The van der Waals surface area contributed by atoms with Crippen LogP contribution in [0, 0.1) is 5.82 Å². The van der Waals surface area contributed by atoms with Crippen LogP contribution >= 0.6 is 11.3 Å². The van der Waals surface area contributed by atoms with E-state index < -0.39 is 5.91 Å². The summed E-state index contributed by atoms with van der Waals surface area (Å²) in [6.45, 7) is 4.80. The zero-order valence-corrected chi connectivity index (χ0v) is 21.6. The number of carbonyl (C=O) groups excluding carboxylic acids is 1. The maximum absolute atomic E-state index is 14.1. The summed E-state index contributed by atoms with van der Waals surface area (Å²) >= 11 is 1.56. The lowest BCUT2D eigenvalue weighted by atomic mass is 10.1. The Kier molecular flexibility index (Phi) is 7.95. The van der Waals surface area contributed by atoms with Crippen molar-refractivity contribution < 1.29 is 18.7 Å². The molecular formula is C28H30FN3O4S. The summed E-state index contributed by atoms with van der Waals surface area (Å²) in [4.78, 5) is 30.0. The van der Waals surface area contributed by atoms with Crippen molar-refractivity contribution in [2.45, 2.75) is 6.42 Å². The Morgan fingerprint density at radius 2 is 1.84 bits per heavy atom. The molecule has 1 fully saturated rings. The van der Waals surface area contributed by atoms with Crippen LogP contribution < -0.4 is 10.5 Å². The maximum atomic E-state index is 14.1. The SMILES string of the molecule is COCCOCC(=O)n1c(=O)ccc2ccc(CCN3CCN(c4cc(F)cc5sccc45)CC3)cc21. The number of methoxy groups -OCH3 is 1. The van der Waals surface area contributed by atoms with E-state index in [1.807, 2.05) is 23.6 Å². The molecule has 0 bridgehead atoms. The van der Waals surface area contributed by atoms with Crippen molar-refractivity contribution in [2.24, 2.45) is 0 Å². The Morgan fingerprint density at radius 1 is 1.03 bits per heavy atom. The zero-order valence-electron chi connectivity index (χ0n) is 20.8. The molecule has 194 valence electrons. The minimum atomic E-state index is -0.392. The summed E-state index contributed by atoms with van der Waals surface area (Å²) in [5.74, 6) is -0.584. The number of thiophene rings is 1. The Morgan fingerprint density at radius 3 is 2.65 bits per heavy atom. The van der Waals surface area contributed by atoms with Gasteiger partial charge in [0.05, 0.1) is 18.7 Å². The van der Waals surface area contributed by atoms with Gasteiger partial charge in [0, 0.05) is 61.7 Å². The first-order chi connectivity index (χ1) is 18.0. The van der Waals surface area contributed by atoms with Crippen LogP contribution in [0.5, 0.6) is 0 Å². The first-order valence-electron chi connectivity index (χ1n) is 12.4. The lowest BCUT2D eigenvalue weighted by molar-refractivity contribution is 0.0516. The third kappa shape index (κ3) is 5.75. The number of fused-ring (bicyclic) bond motifs is 2. The quantitative estimate of drug-likeness (QED) is 0.309. The van der Waals surface area contributed by atoms with Crippen molar-refractivity contribution in [1.29, 1.82) is 0 Å². The van der Waals surface area contributed by atoms with Crippen LogP contribution in [0.1, 0.15) is 10.4 Å². The molecule has 5 rings (SSSR count). The molecule has 7 nitrogen and oxygen atoms in total. The fourth-order valence-electron chi connectivity index (χ4n) is 4.84. The van der Waals surface area contributed by atoms with Gasteiger partial charge in [-0.2, -0.15) is 0 Å². The molecule has 0 unspecified atom stereocenters. The minimum Gasteiger partial charge on any atom is -0.382 e. The lowest BCUT2D eigenvalue weighted by Gasteiger charge is -2.36. The first kappa shape index (κ1) is 25.5. The van der Waals surface area contributed by atoms with Crippen LogP contribution in [0.2, 0.25) is 0 Å². The number of hydrogen-bond donors (Lipinski definition) is 0. The lowest BCUT2D eigenvalue weighted by Crippen LogP contribution is -2.47. The smallest absolute Gasteiger partial charge is 0.260 e. The normalized spacial score (nSPS) is 14.6. The second-order valence-corrected chi connectivity index (χ2v) is 10.1. The Hall–Kier alpha value is -3.11. The predicted octanol–water partition coefficient (Wildman–Crippen LogP) is 4.02. The molecule has 0 amide bonds. The number of benzene rings is 2. The molecule has 0 saturated carbocycles. The molecule has 1 aliphatic heterocycles. The zero-order chi connectivity index (χ0) is 25.8. The van der Waals surface area contributed by atoms with Gasteiger partial charge in [0.1, 0.15) is 12.4 Å². The number of piperazine rings is 1. The van der Waals surface area contributed by atoms with Gasteiger partial charge in [0.15, 0.2) is 0 Å². The van der Waals surface area contributed by atoms with Gasteiger partial charge in [-0.25, -0.2) is 8.96 Å². The molecule has 1 saturated heterocycles. The van der Waals surface area contributed by atoms with Crippen molar-refractivity contribution in [3.63, 3.8) is 0 Å². The van der Waals surface area contributed by atoms with Crippen LogP contribution in [-0.4, -0.2) is 75.0 Å². The number of rotatable bonds is 9. The highest BCUT2D eigenvalue weighted by atomic mass is 32.1. The Bertz CT molecular complexity index is 1460. The van der Waals surface area contributed by atoms with Crippen molar-refractivity contribution in [2.75, 3.05) is 64.6 Å². The fraction of sp³-hybridized carbons (Fsp3) is 0.357. The Balaban J connectivity index is 1.23. The van der Waals surface area contributed by atoms with Crippen LogP contribution in [0.25, 0.3) is 21.0 Å². The molecular weight excluding hydrogens is 493 g/mol. The van der Waals surface area contributed by atoms with Crippen LogP contribution in [-0.2, 0) is 15.9 Å². The van der Waals surface area contributed by atoms with E-state index in [-0.39, 0.29) is 24.6 Å². The summed E-state index contributed by atoms with van der Waals surface area (Å²) in [5, 5.41) is 3.95. The monoisotopic (exact) mass is 523 g/mol. The molecule has 1 aliphatic rings. The van der Waals surface area contributed by atoms with Gasteiger partial charge in [-0.05, 0) is 53.1 Å². The summed E-state index contributed by atoms with van der Waals surface area (Å²) in [6, 6.07) is 14.4. The summed E-state index contributed by atoms with van der Waals surface area (Å²) in [5.41, 5.74) is 2.27. The number of aromatic nitrogens is 1. The number of anilines is 1. The van der Waals surface area contributed by atoms with Crippen molar-refractivity contribution in [3.05, 3.63) is 75.6 Å². The fourth-order valence-corrected chi connectivity index (χ4v) is 5.67. The van der Waals surface area contributed by atoms with Crippen molar-refractivity contribution in [3.8, 4) is 0 Å². The second-order valence-electron chi connectivity index (χ2n) is 9.18. The molecule has 4 aromatic rings. The van der Waals surface area contributed by atoms with Gasteiger partial charge in [-0.1, -0.05) is 12.1 Å². The predicted molar refractivity (Wildman–Crippen MR) is 146 cm³/mol. The summed E-state index contributed by atoms with van der Waals surface area (Å²) < 4.78 is 26.6. The standard InChI is InChI=1S/C28H30FN3O4S/c1-35-13-14-36-19-28(34)32-24-16-20(2-3-21(24)4-5-27(32)33)6-8-30-9-11-31(12-10-30)25-17-22(29)18-26-23(25)7-15-37-26/h2-5,7,15-18H,6,8-14,19H2,1H3. The third-order valence-corrected chi connectivity index (χ3v) is 7.68. The highest BCUT2D eigenvalue weighted by Crippen LogP contribution is 2.32.